The van der Waals surface area contributed by atoms with Crippen LogP contribution in [0.5, 0.6) is 0 Å². The van der Waals surface area contributed by atoms with Gasteiger partial charge in [-0.15, -0.1) is 11.3 Å². The predicted octanol–water partition coefficient (Wildman–Crippen LogP) is 4.07. The van der Waals surface area contributed by atoms with Crippen molar-refractivity contribution in [1.29, 1.82) is 0 Å². The molecule has 0 saturated heterocycles. The highest BCUT2D eigenvalue weighted by molar-refractivity contribution is 7.12. The zero-order valence-corrected chi connectivity index (χ0v) is 14.8. The van der Waals surface area contributed by atoms with Crippen LogP contribution in [0.15, 0.2) is 48.7 Å². The van der Waals surface area contributed by atoms with Gasteiger partial charge in [-0.05, 0) is 50.2 Å². The predicted molar refractivity (Wildman–Crippen MR) is 96.7 cm³/mol. The molecule has 2 aromatic heterocycles. The summed E-state index contributed by atoms with van der Waals surface area (Å²) in [5.41, 5.74) is 2.37. The molecule has 1 N–H and O–H groups in total. The number of benzene rings is 1. The average Bonchev–Trinajstić information content (AvgIpc) is 2.96. The van der Waals surface area contributed by atoms with Gasteiger partial charge in [-0.1, -0.05) is 6.07 Å². The number of pyridine rings is 1. The number of hydrogen-bond donors (Lipinski definition) is 1. The lowest BCUT2D eigenvalue weighted by Gasteiger charge is -2.13. The fourth-order valence-electron chi connectivity index (χ4n) is 2.57. The first kappa shape index (κ1) is 17.2. The highest BCUT2D eigenvalue weighted by atomic mass is 32.1. The number of carbonyl (C=O) groups is 1. The molecule has 0 aliphatic heterocycles. The second kappa shape index (κ2) is 7.53. The minimum absolute atomic E-state index is 0.0924. The monoisotopic (exact) mass is 355 g/mol. The molecule has 1 amide bonds. The zero-order valence-electron chi connectivity index (χ0n) is 14.0. The van der Waals surface area contributed by atoms with E-state index in [9.17, 15) is 9.18 Å². The molecule has 6 heteroatoms. The molecule has 0 spiro atoms. The van der Waals surface area contributed by atoms with Gasteiger partial charge >= 0.3 is 0 Å². The normalized spacial score (nSPS) is 12.0. The Bertz CT molecular complexity index is 862. The molecule has 1 atom stereocenters. The standard InChI is InChI=1S/C19H18FN3OS/c1-12(16-5-3-4-10-21-16)22-18(24)11-17-19(23-13(2)25-17)14-6-8-15(20)9-7-14/h3-10,12H,11H2,1-2H3,(H,22,24). The summed E-state index contributed by atoms with van der Waals surface area (Å²) < 4.78 is 13.1. The van der Waals surface area contributed by atoms with Crippen LogP contribution in [0.4, 0.5) is 4.39 Å². The Balaban J connectivity index is 1.74. The van der Waals surface area contributed by atoms with Crippen molar-refractivity contribution in [2.24, 2.45) is 0 Å². The third kappa shape index (κ3) is 4.28. The summed E-state index contributed by atoms with van der Waals surface area (Å²) in [7, 11) is 0. The quantitative estimate of drug-likeness (QED) is 0.750. The first-order valence-corrected chi connectivity index (χ1v) is 8.77. The van der Waals surface area contributed by atoms with Gasteiger partial charge in [0.25, 0.3) is 0 Å². The highest BCUT2D eigenvalue weighted by Gasteiger charge is 2.17. The molecule has 0 aliphatic carbocycles. The summed E-state index contributed by atoms with van der Waals surface area (Å²) in [5, 5.41) is 3.83. The summed E-state index contributed by atoms with van der Waals surface area (Å²) in [6.07, 6.45) is 1.94. The van der Waals surface area contributed by atoms with Crippen molar-refractivity contribution >= 4 is 17.2 Å². The minimum atomic E-state index is -0.292. The molecule has 0 aliphatic rings. The van der Waals surface area contributed by atoms with Crippen molar-refractivity contribution in [1.82, 2.24) is 15.3 Å². The van der Waals surface area contributed by atoms with Gasteiger partial charge < -0.3 is 5.32 Å². The van der Waals surface area contributed by atoms with E-state index in [2.05, 4.69) is 15.3 Å². The summed E-state index contributed by atoms with van der Waals surface area (Å²) in [4.78, 5) is 22.1. The lowest BCUT2D eigenvalue weighted by atomic mass is 10.1. The van der Waals surface area contributed by atoms with Gasteiger partial charge in [0.15, 0.2) is 0 Å². The van der Waals surface area contributed by atoms with Crippen molar-refractivity contribution in [3.8, 4) is 11.3 Å². The molecule has 2 heterocycles. The van der Waals surface area contributed by atoms with E-state index in [-0.39, 0.29) is 24.2 Å². The van der Waals surface area contributed by atoms with Gasteiger partial charge in [0.1, 0.15) is 5.82 Å². The van der Waals surface area contributed by atoms with Crippen molar-refractivity contribution in [3.63, 3.8) is 0 Å². The summed E-state index contributed by atoms with van der Waals surface area (Å²) in [5.74, 6) is -0.385. The van der Waals surface area contributed by atoms with E-state index in [0.717, 1.165) is 26.8 Å². The molecule has 0 radical (unpaired) electrons. The van der Waals surface area contributed by atoms with E-state index in [0.29, 0.717) is 0 Å². The SMILES string of the molecule is Cc1nc(-c2ccc(F)cc2)c(CC(=O)NC(C)c2ccccn2)s1. The van der Waals surface area contributed by atoms with Gasteiger partial charge in [0.2, 0.25) is 5.91 Å². The molecule has 4 nitrogen and oxygen atoms in total. The van der Waals surface area contributed by atoms with Crippen LogP contribution in [-0.4, -0.2) is 15.9 Å². The van der Waals surface area contributed by atoms with Gasteiger partial charge in [0.05, 0.1) is 28.9 Å². The van der Waals surface area contributed by atoms with Gasteiger partial charge in [-0.25, -0.2) is 9.37 Å². The summed E-state index contributed by atoms with van der Waals surface area (Å²) in [6, 6.07) is 11.6. The van der Waals surface area contributed by atoms with Gasteiger partial charge in [-0.3, -0.25) is 9.78 Å². The second-order valence-corrected chi connectivity index (χ2v) is 7.02. The second-order valence-electron chi connectivity index (χ2n) is 5.73. The number of halogens is 1. The largest absolute Gasteiger partial charge is 0.348 e. The number of carbonyl (C=O) groups excluding carboxylic acids is 1. The van der Waals surface area contributed by atoms with Crippen molar-refractivity contribution in [3.05, 3.63) is 70.1 Å². The number of nitrogens with zero attached hydrogens (tertiary/aromatic N) is 2. The molecule has 128 valence electrons. The van der Waals surface area contributed by atoms with Crippen molar-refractivity contribution in [2.45, 2.75) is 26.3 Å². The number of rotatable bonds is 5. The molecular formula is C19H18FN3OS. The Kier molecular flexibility index (Phi) is 5.19. The van der Waals surface area contributed by atoms with Crippen molar-refractivity contribution < 1.29 is 9.18 Å². The third-order valence-electron chi connectivity index (χ3n) is 3.75. The van der Waals surface area contributed by atoms with Crippen LogP contribution in [-0.2, 0) is 11.2 Å². The molecule has 3 rings (SSSR count). The van der Waals surface area contributed by atoms with E-state index in [1.54, 1.807) is 18.3 Å². The molecule has 1 unspecified atom stereocenters. The number of aromatic nitrogens is 2. The van der Waals surface area contributed by atoms with Crippen LogP contribution in [0, 0.1) is 12.7 Å². The first-order chi connectivity index (χ1) is 12.0. The van der Waals surface area contributed by atoms with E-state index in [1.165, 1.54) is 23.5 Å². The number of nitrogens with one attached hydrogen (secondary N) is 1. The van der Waals surface area contributed by atoms with E-state index < -0.39 is 0 Å². The summed E-state index contributed by atoms with van der Waals surface area (Å²) >= 11 is 1.48. The van der Waals surface area contributed by atoms with Gasteiger partial charge in [-0.2, -0.15) is 0 Å². The third-order valence-corrected chi connectivity index (χ3v) is 4.72. The molecule has 0 saturated carbocycles. The van der Waals surface area contributed by atoms with Crippen LogP contribution >= 0.6 is 11.3 Å². The fraction of sp³-hybridized carbons (Fsp3) is 0.211. The Morgan fingerprint density at radius 2 is 2.00 bits per heavy atom. The molecule has 3 aromatic rings. The lowest BCUT2D eigenvalue weighted by Crippen LogP contribution is -2.28. The zero-order chi connectivity index (χ0) is 17.8. The topological polar surface area (TPSA) is 54.9 Å². The average molecular weight is 355 g/mol. The Hall–Kier alpha value is -2.60. The molecule has 0 fully saturated rings. The minimum Gasteiger partial charge on any atom is -0.348 e. The van der Waals surface area contributed by atoms with E-state index in [4.69, 9.17) is 0 Å². The molecule has 1 aromatic carbocycles. The Morgan fingerprint density at radius 3 is 2.68 bits per heavy atom. The number of aryl methyl sites for hydroxylation is 1. The number of thiazole rings is 1. The van der Waals surface area contributed by atoms with Crippen LogP contribution in [0.1, 0.15) is 28.5 Å². The maximum Gasteiger partial charge on any atom is 0.225 e. The lowest BCUT2D eigenvalue weighted by molar-refractivity contribution is -0.121. The molecule has 25 heavy (non-hydrogen) atoms. The van der Waals surface area contributed by atoms with Gasteiger partial charge in [0, 0.05) is 16.6 Å². The number of amides is 1. The van der Waals surface area contributed by atoms with Crippen LogP contribution < -0.4 is 5.32 Å². The van der Waals surface area contributed by atoms with Crippen LogP contribution in [0.3, 0.4) is 0 Å². The van der Waals surface area contributed by atoms with Crippen LogP contribution in [0.25, 0.3) is 11.3 Å². The number of hydrogen-bond acceptors (Lipinski definition) is 4. The highest BCUT2D eigenvalue weighted by Crippen LogP contribution is 2.28. The van der Waals surface area contributed by atoms with E-state index in [1.807, 2.05) is 32.0 Å². The van der Waals surface area contributed by atoms with Crippen molar-refractivity contribution in [2.75, 3.05) is 0 Å². The molecular weight excluding hydrogens is 337 g/mol. The smallest absolute Gasteiger partial charge is 0.225 e. The molecule has 0 bridgehead atoms. The summed E-state index contributed by atoms with van der Waals surface area (Å²) in [6.45, 7) is 3.80. The maximum atomic E-state index is 13.1. The Labute approximate surface area is 149 Å². The Morgan fingerprint density at radius 1 is 1.24 bits per heavy atom. The van der Waals surface area contributed by atoms with Crippen LogP contribution in [0.2, 0.25) is 0 Å². The van der Waals surface area contributed by atoms with E-state index >= 15 is 0 Å². The first-order valence-electron chi connectivity index (χ1n) is 7.95. The fourth-order valence-corrected chi connectivity index (χ4v) is 3.52. The maximum absolute atomic E-state index is 13.1.